The van der Waals surface area contributed by atoms with Crippen molar-refractivity contribution in [1.29, 1.82) is 5.26 Å². The van der Waals surface area contributed by atoms with E-state index < -0.39 is 0 Å². The number of nitrogens with zero attached hydrogens (tertiary/aromatic N) is 2. The minimum absolute atomic E-state index is 0.430. The molecule has 2 aromatic rings. The molecule has 0 atom stereocenters. The zero-order valence-electron chi connectivity index (χ0n) is 11.5. The normalized spacial score (nSPS) is 10.1. The second kappa shape index (κ2) is 6.98. The third kappa shape index (κ3) is 3.31. The molecule has 2 nitrogen and oxygen atoms in total. The highest BCUT2D eigenvalue weighted by atomic mass is 35.5. The molecule has 102 valence electrons. The lowest BCUT2D eigenvalue weighted by Gasteiger charge is -2.24. The number of benzene rings is 2. The van der Waals surface area contributed by atoms with Crippen LogP contribution in [0.25, 0.3) is 0 Å². The van der Waals surface area contributed by atoms with Crippen LogP contribution >= 0.6 is 11.6 Å². The highest BCUT2D eigenvalue weighted by Gasteiger charge is 2.11. The maximum atomic E-state index is 9.33. The van der Waals surface area contributed by atoms with Gasteiger partial charge in [0.25, 0.3) is 0 Å². The van der Waals surface area contributed by atoms with Crippen LogP contribution in [0.4, 0.5) is 5.69 Å². The summed E-state index contributed by atoms with van der Waals surface area (Å²) in [5.41, 5.74) is 3.86. The van der Waals surface area contributed by atoms with Gasteiger partial charge in [-0.05, 0) is 30.2 Å². The molecule has 0 fully saturated rings. The van der Waals surface area contributed by atoms with Gasteiger partial charge in [-0.25, -0.2) is 0 Å². The Hall–Kier alpha value is -1.98. The zero-order valence-corrected chi connectivity index (χ0v) is 12.3. The van der Waals surface area contributed by atoms with Crippen molar-refractivity contribution in [3.05, 3.63) is 65.2 Å². The minimum Gasteiger partial charge on any atom is -0.366 e. The Morgan fingerprint density at radius 2 is 1.85 bits per heavy atom. The number of hydrogen-bond acceptors (Lipinski definition) is 2. The number of anilines is 1. The molecule has 20 heavy (non-hydrogen) atoms. The molecule has 0 heterocycles. The van der Waals surface area contributed by atoms with Crippen molar-refractivity contribution in [3.8, 4) is 6.07 Å². The largest absolute Gasteiger partial charge is 0.366 e. The fourth-order valence-electron chi connectivity index (χ4n) is 2.20. The van der Waals surface area contributed by atoms with E-state index in [-0.39, 0.29) is 0 Å². The second-order valence-corrected chi connectivity index (χ2v) is 4.86. The molecule has 3 heteroatoms. The highest BCUT2D eigenvalue weighted by Crippen LogP contribution is 2.24. The van der Waals surface area contributed by atoms with E-state index in [1.165, 1.54) is 5.56 Å². The summed E-state index contributed by atoms with van der Waals surface area (Å²) in [4.78, 5) is 2.20. The van der Waals surface area contributed by atoms with Crippen LogP contribution in [-0.2, 0) is 12.4 Å². The van der Waals surface area contributed by atoms with Gasteiger partial charge in [0.1, 0.15) is 6.07 Å². The molecular formula is C17H17ClN2. The monoisotopic (exact) mass is 284 g/mol. The van der Waals surface area contributed by atoms with Gasteiger partial charge in [-0.1, -0.05) is 36.4 Å². The molecule has 0 N–H and O–H groups in total. The van der Waals surface area contributed by atoms with Crippen LogP contribution in [0.2, 0.25) is 0 Å². The SMILES string of the molecule is CCN(Cc1ccccc1)c1ccc(CCl)cc1C#N. The van der Waals surface area contributed by atoms with Crippen molar-refractivity contribution in [1.82, 2.24) is 0 Å². The Morgan fingerprint density at radius 3 is 2.45 bits per heavy atom. The number of nitriles is 1. The maximum Gasteiger partial charge on any atom is 0.101 e. The van der Waals surface area contributed by atoms with E-state index >= 15 is 0 Å². The second-order valence-electron chi connectivity index (χ2n) is 4.60. The third-order valence-electron chi connectivity index (χ3n) is 3.27. The van der Waals surface area contributed by atoms with E-state index in [1.807, 2.05) is 36.4 Å². The van der Waals surface area contributed by atoms with Gasteiger partial charge in [0.05, 0.1) is 11.3 Å². The van der Waals surface area contributed by atoms with Gasteiger partial charge in [-0.3, -0.25) is 0 Å². The Kier molecular flexibility index (Phi) is 5.03. The van der Waals surface area contributed by atoms with Gasteiger partial charge >= 0.3 is 0 Å². The minimum atomic E-state index is 0.430. The molecule has 0 unspecified atom stereocenters. The summed E-state index contributed by atoms with van der Waals surface area (Å²) in [5, 5.41) is 9.33. The summed E-state index contributed by atoms with van der Waals surface area (Å²) in [6, 6.07) is 18.4. The van der Waals surface area contributed by atoms with Gasteiger partial charge in [0.2, 0.25) is 0 Å². The maximum absolute atomic E-state index is 9.33. The van der Waals surface area contributed by atoms with Crippen LogP contribution < -0.4 is 4.90 Å². The van der Waals surface area contributed by atoms with Gasteiger partial charge in [-0.15, -0.1) is 11.6 Å². The topological polar surface area (TPSA) is 27.0 Å². The van der Waals surface area contributed by atoms with E-state index in [9.17, 15) is 5.26 Å². The molecule has 0 aliphatic heterocycles. The molecule has 0 spiro atoms. The number of halogens is 1. The van der Waals surface area contributed by atoms with E-state index in [2.05, 4.69) is 30.0 Å². The predicted molar refractivity (Wildman–Crippen MR) is 83.9 cm³/mol. The molecule has 0 bridgehead atoms. The average molecular weight is 285 g/mol. The van der Waals surface area contributed by atoms with E-state index in [0.29, 0.717) is 11.4 Å². The fourth-order valence-corrected chi connectivity index (χ4v) is 2.37. The average Bonchev–Trinajstić information content (AvgIpc) is 2.53. The van der Waals surface area contributed by atoms with Crippen LogP contribution in [0.15, 0.2) is 48.5 Å². The first-order valence-corrected chi connectivity index (χ1v) is 7.19. The molecule has 0 aliphatic rings. The zero-order chi connectivity index (χ0) is 14.4. The molecule has 0 aliphatic carbocycles. The summed E-state index contributed by atoms with van der Waals surface area (Å²) in [6.07, 6.45) is 0. The van der Waals surface area contributed by atoms with Crippen molar-refractivity contribution >= 4 is 17.3 Å². The van der Waals surface area contributed by atoms with Crippen molar-refractivity contribution in [3.63, 3.8) is 0 Å². The highest BCUT2D eigenvalue weighted by molar-refractivity contribution is 6.17. The van der Waals surface area contributed by atoms with Crippen LogP contribution in [0, 0.1) is 11.3 Å². The van der Waals surface area contributed by atoms with E-state index in [0.717, 1.165) is 24.3 Å². The standard InChI is InChI=1S/C17H17ClN2/c1-2-20(13-14-6-4-3-5-7-14)17-9-8-15(11-18)10-16(17)12-19/h3-10H,2,11,13H2,1H3. The van der Waals surface area contributed by atoms with Crippen molar-refractivity contribution < 1.29 is 0 Å². The van der Waals surface area contributed by atoms with Crippen molar-refractivity contribution in [2.45, 2.75) is 19.3 Å². The first-order valence-electron chi connectivity index (χ1n) is 6.66. The van der Waals surface area contributed by atoms with Gasteiger partial charge in [-0.2, -0.15) is 5.26 Å². The van der Waals surface area contributed by atoms with Crippen LogP contribution in [0.3, 0.4) is 0 Å². The summed E-state index contributed by atoms with van der Waals surface area (Å²) in [6.45, 7) is 3.75. The van der Waals surface area contributed by atoms with Gasteiger partial charge in [0, 0.05) is 19.0 Å². The Balaban J connectivity index is 2.30. The Bertz CT molecular complexity index is 602. The Morgan fingerprint density at radius 1 is 1.10 bits per heavy atom. The number of alkyl halides is 1. The first-order chi connectivity index (χ1) is 9.78. The smallest absolute Gasteiger partial charge is 0.101 e. The molecule has 0 radical (unpaired) electrons. The fraction of sp³-hybridized carbons (Fsp3) is 0.235. The molecule has 0 saturated carbocycles. The molecular weight excluding hydrogens is 268 g/mol. The number of rotatable bonds is 5. The van der Waals surface area contributed by atoms with E-state index in [1.54, 1.807) is 0 Å². The lowest BCUT2D eigenvalue weighted by Crippen LogP contribution is -2.23. The summed E-state index contributed by atoms with van der Waals surface area (Å²) < 4.78 is 0. The molecule has 2 aromatic carbocycles. The van der Waals surface area contributed by atoms with Crippen molar-refractivity contribution in [2.24, 2.45) is 0 Å². The third-order valence-corrected chi connectivity index (χ3v) is 3.58. The summed E-state index contributed by atoms with van der Waals surface area (Å²) in [5.74, 6) is 0.430. The van der Waals surface area contributed by atoms with Crippen LogP contribution in [0.5, 0.6) is 0 Å². The molecule has 0 saturated heterocycles. The van der Waals surface area contributed by atoms with Crippen LogP contribution in [-0.4, -0.2) is 6.54 Å². The predicted octanol–water partition coefficient (Wildman–Crippen LogP) is 4.32. The van der Waals surface area contributed by atoms with Crippen LogP contribution in [0.1, 0.15) is 23.6 Å². The lowest BCUT2D eigenvalue weighted by atomic mass is 10.1. The molecule has 2 rings (SSSR count). The van der Waals surface area contributed by atoms with Crippen molar-refractivity contribution in [2.75, 3.05) is 11.4 Å². The number of hydrogen-bond donors (Lipinski definition) is 0. The first kappa shape index (κ1) is 14.4. The molecule has 0 amide bonds. The van der Waals surface area contributed by atoms with Gasteiger partial charge < -0.3 is 4.90 Å². The van der Waals surface area contributed by atoms with E-state index in [4.69, 9.17) is 11.6 Å². The summed E-state index contributed by atoms with van der Waals surface area (Å²) >= 11 is 5.83. The lowest BCUT2D eigenvalue weighted by molar-refractivity contribution is 0.830. The van der Waals surface area contributed by atoms with Gasteiger partial charge in [0.15, 0.2) is 0 Å². The summed E-state index contributed by atoms with van der Waals surface area (Å²) in [7, 11) is 0. The molecule has 0 aromatic heterocycles. The Labute approximate surface area is 125 Å². The quantitative estimate of drug-likeness (QED) is 0.765.